The maximum absolute atomic E-state index is 9.07. The van der Waals surface area contributed by atoms with Crippen LogP contribution in [0.15, 0.2) is 11.1 Å². The first-order chi connectivity index (χ1) is 5.58. The molecule has 1 fully saturated rings. The molecular weight excluding hydrogens is 218 g/mol. The van der Waals surface area contributed by atoms with Gasteiger partial charge in [-0.3, -0.25) is 0 Å². The van der Waals surface area contributed by atoms with Gasteiger partial charge in [0.25, 0.3) is 0 Å². The van der Waals surface area contributed by atoms with E-state index in [0.29, 0.717) is 5.92 Å². The van der Waals surface area contributed by atoms with Crippen molar-refractivity contribution in [1.82, 2.24) is 4.90 Å². The van der Waals surface area contributed by atoms with E-state index in [-0.39, 0.29) is 6.10 Å². The van der Waals surface area contributed by atoms with E-state index in [2.05, 4.69) is 34.5 Å². The van der Waals surface area contributed by atoms with Crippen molar-refractivity contribution in [2.75, 3.05) is 20.1 Å². The van der Waals surface area contributed by atoms with Gasteiger partial charge in [0.05, 0.1) is 6.10 Å². The summed E-state index contributed by atoms with van der Waals surface area (Å²) in [5, 5.41) is 9.07. The van der Waals surface area contributed by atoms with Crippen LogP contribution in [0.5, 0.6) is 0 Å². The second kappa shape index (κ2) is 4.40. The van der Waals surface area contributed by atoms with Gasteiger partial charge in [0.1, 0.15) is 0 Å². The quantitative estimate of drug-likeness (QED) is 0.798. The van der Waals surface area contributed by atoms with E-state index in [1.54, 1.807) is 0 Å². The van der Waals surface area contributed by atoms with Gasteiger partial charge in [0, 0.05) is 17.6 Å². The first kappa shape index (κ1) is 10.2. The van der Waals surface area contributed by atoms with Crippen LogP contribution in [0.3, 0.4) is 0 Å². The summed E-state index contributed by atoms with van der Waals surface area (Å²) in [4.78, 5) is 2.23. The average molecular weight is 234 g/mol. The van der Waals surface area contributed by atoms with Crippen molar-refractivity contribution in [3.8, 4) is 0 Å². The monoisotopic (exact) mass is 233 g/mol. The molecule has 0 aliphatic heterocycles. The Kier molecular flexibility index (Phi) is 3.75. The van der Waals surface area contributed by atoms with Crippen LogP contribution in [0.25, 0.3) is 0 Å². The number of rotatable bonds is 4. The second-order valence-electron chi connectivity index (χ2n) is 3.71. The molecule has 0 aromatic rings. The number of hydrogen-bond donors (Lipinski definition) is 1. The molecule has 0 bridgehead atoms. The zero-order valence-electron chi connectivity index (χ0n) is 7.46. The molecule has 0 aromatic carbocycles. The van der Waals surface area contributed by atoms with Crippen molar-refractivity contribution in [3.05, 3.63) is 11.1 Å². The van der Waals surface area contributed by atoms with Crippen molar-refractivity contribution >= 4 is 15.9 Å². The lowest BCUT2D eigenvalue weighted by molar-refractivity contribution is 0.0298. The highest BCUT2D eigenvalue weighted by Crippen LogP contribution is 2.27. The van der Waals surface area contributed by atoms with Crippen LogP contribution in [-0.2, 0) is 0 Å². The Balaban J connectivity index is 2.10. The summed E-state index contributed by atoms with van der Waals surface area (Å²) >= 11 is 3.33. The van der Waals surface area contributed by atoms with E-state index >= 15 is 0 Å². The predicted octanol–water partition coefficient (Wildman–Crippen LogP) is 1.60. The van der Waals surface area contributed by atoms with Crippen LogP contribution < -0.4 is 0 Å². The molecule has 0 aromatic heterocycles. The standard InChI is InChI=1S/C9H16BrNO/c1-7(10)5-11(2)6-8-3-9(12)4-8/h8-9,12H,1,3-6H2,2H3. The normalized spacial score (nSPS) is 28.7. The lowest BCUT2D eigenvalue weighted by Gasteiger charge is -2.34. The maximum Gasteiger partial charge on any atom is 0.0546 e. The minimum atomic E-state index is -0.0319. The minimum Gasteiger partial charge on any atom is -0.393 e. The van der Waals surface area contributed by atoms with Crippen LogP contribution in [-0.4, -0.2) is 36.2 Å². The van der Waals surface area contributed by atoms with E-state index in [9.17, 15) is 0 Å². The Morgan fingerprint density at radius 2 is 2.25 bits per heavy atom. The van der Waals surface area contributed by atoms with Gasteiger partial charge in [-0.25, -0.2) is 0 Å². The molecule has 0 atom stereocenters. The Morgan fingerprint density at radius 1 is 1.67 bits per heavy atom. The molecule has 0 amide bonds. The molecule has 1 aliphatic carbocycles. The molecule has 3 heteroatoms. The number of hydrogen-bond acceptors (Lipinski definition) is 2. The highest BCUT2D eigenvalue weighted by atomic mass is 79.9. The van der Waals surface area contributed by atoms with Gasteiger partial charge in [-0.15, -0.1) is 0 Å². The topological polar surface area (TPSA) is 23.5 Å². The summed E-state index contributed by atoms with van der Waals surface area (Å²) in [7, 11) is 2.08. The smallest absolute Gasteiger partial charge is 0.0546 e. The predicted molar refractivity (Wildman–Crippen MR) is 54.3 cm³/mol. The molecule has 1 saturated carbocycles. The van der Waals surface area contributed by atoms with Crippen LogP contribution >= 0.6 is 15.9 Å². The van der Waals surface area contributed by atoms with E-state index in [1.165, 1.54) is 0 Å². The fourth-order valence-corrected chi connectivity index (χ4v) is 2.08. The van der Waals surface area contributed by atoms with Crippen molar-refractivity contribution < 1.29 is 5.11 Å². The van der Waals surface area contributed by atoms with Gasteiger partial charge >= 0.3 is 0 Å². The van der Waals surface area contributed by atoms with Crippen LogP contribution in [0.4, 0.5) is 0 Å². The Bertz CT molecular complexity index is 166. The van der Waals surface area contributed by atoms with E-state index in [0.717, 1.165) is 30.4 Å². The van der Waals surface area contributed by atoms with Crippen molar-refractivity contribution in [3.63, 3.8) is 0 Å². The van der Waals surface area contributed by atoms with Gasteiger partial charge < -0.3 is 10.0 Å². The lowest BCUT2D eigenvalue weighted by atomic mass is 9.82. The molecule has 1 N–H and O–H groups in total. The number of aliphatic hydroxyl groups excluding tert-OH is 1. The highest BCUT2D eigenvalue weighted by molar-refractivity contribution is 9.11. The molecule has 12 heavy (non-hydrogen) atoms. The molecule has 2 nitrogen and oxygen atoms in total. The Labute approximate surface area is 82.4 Å². The molecular formula is C9H16BrNO. The fourth-order valence-electron chi connectivity index (χ4n) is 1.65. The molecule has 0 saturated heterocycles. The third-order valence-electron chi connectivity index (χ3n) is 2.22. The van der Waals surface area contributed by atoms with Crippen LogP contribution in [0.1, 0.15) is 12.8 Å². The zero-order chi connectivity index (χ0) is 9.14. The van der Waals surface area contributed by atoms with Gasteiger partial charge in [-0.2, -0.15) is 0 Å². The molecule has 0 spiro atoms. The van der Waals surface area contributed by atoms with E-state index < -0.39 is 0 Å². The minimum absolute atomic E-state index is 0.0319. The number of halogens is 1. The summed E-state index contributed by atoms with van der Waals surface area (Å²) in [5.41, 5.74) is 0. The fraction of sp³-hybridized carbons (Fsp3) is 0.778. The summed E-state index contributed by atoms with van der Waals surface area (Å²) in [6, 6.07) is 0. The number of nitrogens with zero attached hydrogens (tertiary/aromatic N) is 1. The maximum atomic E-state index is 9.07. The zero-order valence-corrected chi connectivity index (χ0v) is 9.05. The third-order valence-corrected chi connectivity index (χ3v) is 2.47. The van der Waals surface area contributed by atoms with Gasteiger partial charge in [0.15, 0.2) is 0 Å². The van der Waals surface area contributed by atoms with Crippen molar-refractivity contribution in [2.45, 2.75) is 18.9 Å². The SMILES string of the molecule is C=C(Br)CN(C)CC1CC(O)C1. The highest BCUT2D eigenvalue weighted by Gasteiger charge is 2.27. The summed E-state index contributed by atoms with van der Waals surface area (Å²) in [6.07, 6.45) is 1.91. The summed E-state index contributed by atoms with van der Waals surface area (Å²) < 4.78 is 1.02. The first-order valence-corrected chi connectivity index (χ1v) is 5.07. The molecule has 1 rings (SSSR count). The van der Waals surface area contributed by atoms with Crippen LogP contribution in [0.2, 0.25) is 0 Å². The first-order valence-electron chi connectivity index (χ1n) is 4.28. The molecule has 1 aliphatic rings. The molecule has 0 heterocycles. The molecule has 0 radical (unpaired) electrons. The van der Waals surface area contributed by atoms with Gasteiger partial charge in [-0.1, -0.05) is 22.5 Å². The van der Waals surface area contributed by atoms with E-state index in [1.807, 2.05) is 0 Å². The van der Waals surface area contributed by atoms with Crippen molar-refractivity contribution in [1.29, 1.82) is 0 Å². The van der Waals surface area contributed by atoms with E-state index in [4.69, 9.17) is 5.11 Å². The molecule has 70 valence electrons. The Morgan fingerprint density at radius 3 is 2.67 bits per heavy atom. The van der Waals surface area contributed by atoms with Crippen LogP contribution in [0, 0.1) is 5.92 Å². The number of aliphatic hydroxyl groups is 1. The largest absolute Gasteiger partial charge is 0.393 e. The summed E-state index contributed by atoms with van der Waals surface area (Å²) in [6.45, 7) is 5.75. The third kappa shape index (κ3) is 3.25. The summed E-state index contributed by atoms with van der Waals surface area (Å²) in [5.74, 6) is 0.692. The lowest BCUT2D eigenvalue weighted by Crippen LogP contribution is -2.37. The van der Waals surface area contributed by atoms with Gasteiger partial charge in [-0.05, 0) is 25.8 Å². The Hall–Kier alpha value is 0.140. The second-order valence-corrected chi connectivity index (χ2v) is 4.83. The van der Waals surface area contributed by atoms with Gasteiger partial charge in [0.2, 0.25) is 0 Å². The average Bonchev–Trinajstić information content (AvgIpc) is 1.82. The van der Waals surface area contributed by atoms with Crippen molar-refractivity contribution in [2.24, 2.45) is 5.92 Å². The molecule has 0 unspecified atom stereocenters. The number of likely N-dealkylation sites (N-methyl/N-ethyl adjacent to an activating group) is 1.